The van der Waals surface area contributed by atoms with Crippen LogP contribution in [0.4, 0.5) is 8.78 Å². The molecule has 0 spiro atoms. The van der Waals surface area contributed by atoms with E-state index in [0.717, 1.165) is 28.7 Å². The summed E-state index contributed by atoms with van der Waals surface area (Å²) < 4.78 is 38.4. The van der Waals surface area contributed by atoms with Crippen molar-refractivity contribution in [3.8, 4) is 0 Å². The van der Waals surface area contributed by atoms with Crippen molar-refractivity contribution < 1.29 is 32.6 Å². The third-order valence-corrected chi connectivity index (χ3v) is 7.14. The standard InChI is InChI=1S/C30H29F2N5O5/c1-3-41-29(39)26-28(30(40)42-4-2)36(35-33-26)17-24(38)37-27(19-10-14-22(32)15-11-19)23-7-5-6-20(25(23)34-37)16-18-8-12-21(31)13-9-18/h8-16,23,27H,3-7,17H2,1-2H3. The second-order valence-electron chi connectivity index (χ2n) is 9.83. The number of nitrogens with zero attached hydrogens (tertiary/aromatic N) is 5. The molecule has 218 valence electrons. The lowest BCUT2D eigenvalue weighted by Crippen LogP contribution is -2.34. The molecule has 0 N–H and O–H groups in total. The average Bonchev–Trinajstić information content (AvgIpc) is 3.58. The van der Waals surface area contributed by atoms with Gasteiger partial charge in [-0.3, -0.25) is 4.79 Å². The highest BCUT2D eigenvalue weighted by Gasteiger charge is 2.44. The van der Waals surface area contributed by atoms with Gasteiger partial charge in [0.25, 0.3) is 5.91 Å². The fourth-order valence-corrected chi connectivity index (χ4v) is 5.32. The van der Waals surface area contributed by atoms with Gasteiger partial charge in [0.15, 0.2) is 5.69 Å². The minimum atomic E-state index is -0.876. The van der Waals surface area contributed by atoms with Crippen LogP contribution in [-0.4, -0.2) is 56.8 Å². The molecule has 12 heteroatoms. The van der Waals surface area contributed by atoms with Gasteiger partial charge in [0.1, 0.15) is 18.2 Å². The molecule has 1 fully saturated rings. The maximum absolute atomic E-state index is 13.9. The predicted octanol–water partition coefficient (Wildman–Crippen LogP) is 4.73. The van der Waals surface area contributed by atoms with Crippen molar-refractivity contribution >= 4 is 29.6 Å². The predicted molar refractivity (Wildman–Crippen MR) is 147 cm³/mol. The highest BCUT2D eigenvalue weighted by molar-refractivity contribution is 6.08. The van der Waals surface area contributed by atoms with Crippen LogP contribution in [0, 0.1) is 17.6 Å². The molecule has 10 nitrogen and oxygen atoms in total. The first-order valence-corrected chi connectivity index (χ1v) is 13.7. The molecule has 5 rings (SSSR count). The number of fused-ring (bicyclic) bond motifs is 1. The van der Waals surface area contributed by atoms with Crippen LogP contribution < -0.4 is 0 Å². The fraction of sp³-hybridized carbons (Fsp3) is 0.333. The number of aromatic nitrogens is 3. The van der Waals surface area contributed by atoms with Crippen LogP contribution in [0.2, 0.25) is 0 Å². The zero-order valence-electron chi connectivity index (χ0n) is 23.1. The van der Waals surface area contributed by atoms with Crippen molar-refractivity contribution in [1.29, 1.82) is 0 Å². The number of halogens is 2. The largest absolute Gasteiger partial charge is 0.461 e. The third kappa shape index (κ3) is 5.83. The maximum Gasteiger partial charge on any atom is 0.361 e. The summed E-state index contributed by atoms with van der Waals surface area (Å²) in [4.78, 5) is 39.1. The van der Waals surface area contributed by atoms with Gasteiger partial charge in [0, 0.05) is 5.92 Å². The number of ether oxygens (including phenoxy) is 2. The summed E-state index contributed by atoms with van der Waals surface area (Å²) in [5.41, 5.74) is 2.45. The van der Waals surface area contributed by atoms with Gasteiger partial charge in [-0.05, 0) is 80.2 Å². The monoisotopic (exact) mass is 577 g/mol. The van der Waals surface area contributed by atoms with Crippen LogP contribution in [0.25, 0.3) is 6.08 Å². The normalized spacial score (nSPS) is 18.9. The highest BCUT2D eigenvalue weighted by atomic mass is 19.1. The van der Waals surface area contributed by atoms with E-state index in [9.17, 15) is 23.2 Å². The lowest BCUT2D eigenvalue weighted by atomic mass is 9.77. The molecule has 0 saturated heterocycles. The second kappa shape index (κ2) is 12.4. The Labute approximate surface area is 240 Å². The van der Waals surface area contributed by atoms with Crippen LogP contribution in [0.5, 0.6) is 0 Å². The number of carbonyl (C=O) groups excluding carboxylic acids is 3. The molecule has 0 bridgehead atoms. The number of allylic oxidation sites excluding steroid dienone is 1. The lowest BCUT2D eigenvalue weighted by Gasteiger charge is -2.29. The number of carbonyl (C=O) groups is 3. The summed E-state index contributed by atoms with van der Waals surface area (Å²) in [6.07, 6.45) is 4.21. The summed E-state index contributed by atoms with van der Waals surface area (Å²) in [6.45, 7) is 2.81. The Bertz CT molecular complexity index is 1550. The number of esters is 2. The molecule has 2 heterocycles. The van der Waals surface area contributed by atoms with E-state index in [4.69, 9.17) is 14.6 Å². The first-order valence-electron chi connectivity index (χ1n) is 13.7. The highest BCUT2D eigenvalue weighted by Crippen LogP contribution is 2.44. The number of hydrogen-bond donors (Lipinski definition) is 0. The Kier molecular flexibility index (Phi) is 8.51. The summed E-state index contributed by atoms with van der Waals surface area (Å²) >= 11 is 0. The van der Waals surface area contributed by atoms with Crippen molar-refractivity contribution in [2.24, 2.45) is 11.0 Å². The van der Waals surface area contributed by atoms with E-state index in [-0.39, 0.29) is 36.3 Å². The topological polar surface area (TPSA) is 116 Å². The number of benzene rings is 2. The van der Waals surface area contributed by atoms with Gasteiger partial charge in [-0.1, -0.05) is 29.5 Å². The molecule has 2 aliphatic rings. The second-order valence-corrected chi connectivity index (χ2v) is 9.83. The summed E-state index contributed by atoms with van der Waals surface area (Å²) in [5, 5.41) is 13.8. The van der Waals surface area contributed by atoms with Crippen molar-refractivity contribution in [2.45, 2.75) is 45.7 Å². The molecule has 1 aliphatic carbocycles. The number of rotatable bonds is 8. The minimum Gasteiger partial charge on any atom is -0.461 e. The quantitative estimate of drug-likeness (QED) is 0.356. The van der Waals surface area contributed by atoms with E-state index in [1.54, 1.807) is 38.1 Å². The van der Waals surface area contributed by atoms with Gasteiger partial charge in [-0.2, -0.15) is 5.10 Å². The van der Waals surface area contributed by atoms with Gasteiger partial charge in [0.05, 0.1) is 25.0 Å². The molecular weight excluding hydrogens is 548 g/mol. The van der Waals surface area contributed by atoms with Gasteiger partial charge in [-0.15, -0.1) is 5.10 Å². The Hall–Kier alpha value is -4.74. The lowest BCUT2D eigenvalue weighted by molar-refractivity contribution is -0.134. The smallest absolute Gasteiger partial charge is 0.361 e. The molecule has 1 saturated carbocycles. The zero-order valence-corrected chi connectivity index (χ0v) is 23.1. The Balaban J connectivity index is 1.52. The third-order valence-electron chi connectivity index (χ3n) is 7.14. The van der Waals surface area contributed by atoms with E-state index in [1.807, 2.05) is 6.08 Å². The molecule has 2 unspecified atom stereocenters. The van der Waals surface area contributed by atoms with E-state index in [2.05, 4.69) is 10.3 Å². The molecule has 2 atom stereocenters. The molecule has 42 heavy (non-hydrogen) atoms. The first-order chi connectivity index (χ1) is 20.3. The Morgan fingerprint density at radius 1 is 0.952 bits per heavy atom. The van der Waals surface area contributed by atoms with Crippen LogP contribution in [0.1, 0.15) is 71.3 Å². The van der Waals surface area contributed by atoms with Gasteiger partial charge in [-0.25, -0.2) is 28.1 Å². The first kappa shape index (κ1) is 28.8. The van der Waals surface area contributed by atoms with Crippen molar-refractivity contribution in [1.82, 2.24) is 20.0 Å². The number of amides is 1. The molecule has 0 radical (unpaired) electrons. The van der Waals surface area contributed by atoms with Crippen LogP contribution in [-0.2, 0) is 20.8 Å². The van der Waals surface area contributed by atoms with Crippen LogP contribution in [0.3, 0.4) is 0 Å². The molecule has 1 amide bonds. The van der Waals surface area contributed by atoms with Crippen molar-refractivity contribution in [2.75, 3.05) is 13.2 Å². The molecule has 1 aromatic heterocycles. The van der Waals surface area contributed by atoms with E-state index in [1.165, 1.54) is 29.3 Å². The van der Waals surface area contributed by atoms with Crippen molar-refractivity contribution in [3.63, 3.8) is 0 Å². The van der Waals surface area contributed by atoms with E-state index < -0.39 is 36.2 Å². The summed E-state index contributed by atoms with van der Waals surface area (Å²) in [6, 6.07) is 11.4. The molecular formula is C30H29F2N5O5. The van der Waals surface area contributed by atoms with Gasteiger partial charge in [0.2, 0.25) is 5.69 Å². The van der Waals surface area contributed by atoms with E-state index >= 15 is 0 Å². The average molecular weight is 578 g/mol. The Morgan fingerprint density at radius 3 is 2.26 bits per heavy atom. The molecule has 3 aromatic rings. The van der Waals surface area contributed by atoms with Gasteiger partial charge < -0.3 is 9.47 Å². The zero-order chi connectivity index (χ0) is 29.8. The van der Waals surface area contributed by atoms with Crippen LogP contribution >= 0.6 is 0 Å². The van der Waals surface area contributed by atoms with E-state index in [0.29, 0.717) is 17.7 Å². The van der Waals surface area contributed by atoms with Gasteiger partial charge >= 0.3 is 11.9 Å². The van der Waals surface area contributed by atoms with Crippen molar-refractivity contribution in [3.05, 3.63) is 88.3 Å². The molecule has 1 aliphatic heterocycles. The Morgan fingerprint density at radius 2 is 1.60 bits per heavy atom. The summed E-state index contributed by atoms with van der Waals surface area (Å²) in [7, 11) is 0. The fourth-order valence-electron chi connectivity index (χ4n) is 5.32. The summed E-state index contributed by atoms with van der Waals surface area (Å²) in [5.74, 6) is -3.21. The molecule has 2 aromatic carbocycles. The number of hydrogen-bond acceptors (Lipinski definition) is 8. The number of hydrazone groups is 1. The SMILES string of the molecule is CCOC(=O)c1nnn(CC(=O)N2N=C3C(=Cc4ccc(F)cc4)CCCC3C2c2ccc(F)cc2)c1C(=O)OCC. The maximum atomic E-state index is 13.9. The van der Waals surface area contributed by atoms with Crippen LogP contribution in [0.15, 0.2) is 59.2 Å². The minimum absolute atomic E-state index is 0.0253.